The molecule has 1 heteroatoms. The second kappa shape index (κ2) is 2.06. The van der Waals surface area contributed by atoms with Crippen LogP contribution in [0.5, 0.6) is 0 Å². The van der Waals surface area contributed by atoms with Gasteiger partial charge in [0.2, 0.25) is 0 Å². The molecule has 0 spiro atoms. The fourth-order valence-corrected chi connectivity index (χ4v) is 1.44. The number of hydrogen-bond donors (Lipinski definition) is 1. The summed E-state index contributed by atoms with van der Waals surface area (Å²) in [6, 6.07) is 1.49. The summed E-state index contributed by atoms with van der Waals surface area (Å²) < 4.78 is 0. The van der Waals surface area contributed by atoms with Gasteiger partial charge in [0.15, 0.2) is 0 Å². The lowest BCUT2D eigenvalue weighted by atomic mass is 10.0. The van der Waals surface area contributed by atoms with E-state index in [-0.39, 0.29) is 0 Å². The normalized spacial score (nSPS) is 47.6. The molecule has 0 aromatic carbocycles. The molecular formula is C7H15N. The predicted octanol–water partition coefficient (Wildman–Crippen LogP) is 1.39. The van der Waals surface area contributed by atoms with Crippen LogP contribution >= 0.6 is 0 Å². The Morgan fingerprint density at radius 3 is 2.00 bits per heavy atom. The highest BCUT2D eigenvalue weighted by Crippen LogP contribution is 2.18. The van der Waals surface area contributed by atoms with Gasteiger partial charge in [0.05, 0.1) is 0 Å². The maximum Gasteiger partial charge on any atom is 0.00674 e. The maximum atomic E-state index is 3.47. The number of rotatable bonds is 0. The van der Waals surface area contributed by atoms with Crippen molar-refractivity contribution in [1.82, 2.24) is 5.32 Å². The van der Waals surface area contributed by atoms with Crippen LogP contribution in [0.2, 0.25) is 0 Å². The Bertz CT molecular complexity index is 70.5. The van der Waals surface area contributed by atoms with E-state index in [1.807, 2.05) is 0 Å². The molecule has 1 N–H and O–H groups in total. The highest BCUT2D eigenvalue weighted by Gasteiger charge is 2.23. The van der Waals surface area contributed by atoms with Crippen molar-refractivity contribution in [1.29, 1.82) is 0 Å². The molecule has 48 valence electrons. The van der Waals surface area contributed by atoms with Crippen LogP contribution in [-0.2, 0) is 0 Å². The Morgan fingerprint density at radius 2 is 1.88 bits per heavy atom. The molecule has 0 aliphatic carbocycles. The summed E-state index contributed by atoms with van der Waals surface area (Å²) in [5.74, 6) is 0.880. The molecule has 3 atom stereocenters. The van der Waals surface area contributed by atoms with E-state index in [9.17, 15) is 0 Å². The van der Waals surface area contributed by atoms with Crippen LogP contribution < -0.4 is 5.32 Å². The molecule has 1 fully saturated rings. The molecule has 1 rings (SSSR count). The van der Waals surface area contributed by atoms with E-state index in [1.165, 1.54) is 6.42 Å². The second-order valence-electron chi connectivity index (χ2n) is 3.07. The van der Waals surface area contributed by atoms with Crippen molar-refractivity contribution in [2.24, 2.45) is 5.92 Å². The van der Waals surface area contributed by atoms with Gasteiger partial charge in [0.25, 0.3) is 0 Å². The van der Waals surface area contributed by atoms with Crippen molar-refractivity contribution < 1.29 is 0 Å². The molecular weight excluding hydrogens is 98.1 g/mol. The topological polar surface area (TPSA) is 12.0 Å². The van der Waals surface area contributed by atoms with Gasteiger partial charge in [0.1, 0.15) is 0 Å². The first-order chi connectivity index (χ1) is 3.70. The molecule has 1 nitrogen and oxygen atoms in total. The molecule has 8 heavy (non-hydrogen) atoms. The largest absolute Gasteiger partial charge is 0.312 e. The van der Waals surface area contributed by atoms with Crippen LogP contribution in [0.15, 0.2) is 0 Å². The van der Waals surface area contributed by atoms with E-state index in [0.717, 1.165) is 18.0 Å². The third-order valence-corrected chi connectivity index (χ3v) is 2.13. The lowest BCUT2D eigenvalue weighted by Gasteiger charge is -2.06. The Kier molecular flexibility index (Phi) is 1.57. The molecule has 0 aromatic heterocycles. The Balaban J connectivity index is 2.39. The average molecular weight is 113 g/mol. The highest BCUT2D eigenvalue weighted by molar-refractivity contribution is 4.82. The van der Waals surface area contributed by atoms with Gasteiger partial charge >= 0.3 is 0 Å². The summed E-state index contributed by atoms with van der Waals surface area (Å²) in [4.78, 5) is 0. The summed E-state index contributed by atoms with van der Waals surface area (Å²) in [6.45, 7) is 6.81. The molecule has 1 aliphatic heterocycles. The fourth-order valence-electron chi connectivity index (χ4n) is 1.44. The average Bonchev–Trinajstić information content (AvgIpc) is 1.85. The van der Waals surface area contributed by atoms with E-state index in [0.29, 0.717) is 0 Å². The molecule has 0 saturated carbocycles. The zero-order valence-corrected chi connectivity index (χ0v) is 5.94. The first kappa shape index (κ1) is 6.09. The smallest absolute Gasteiger partial charge is 0.00674 e. The first-order valence-corrected chi connectivity index (χ1v) is 3.46. The zero-order valence-electron chi connectivity index (χ0n) is 5.94. The monoisotopic (exact) mass is 113 g/mol. The molecule has 0 radical (unpaired) electrons. The summed E-state index contributed by atoms with van der Waals surface area (Å²) >= 11 is 0. The van der Waals surface area contributed by atoms with Crippen LogP contribution in [0.1, 0.15) is 27.2 Å². The van der Waals surface area contributed by atoms with Gasteiger partial charge in [-0.25, -0.2) is 0 Å². The lowest BCUT2D eigenvalue weighted by Crippen LogP contribution is -2.25. The van der Waals surface area contributed by atoms with E-state index in [1.54, 1.807) is 0 Å². The van der Waals surface area contributed by atoms with Crippen LogP contribution in [0, 0.1) is 5.92 Å². The van der Waals surface area contributed by atoms with E-state index in [4.69, 9.17) is 0 Å². The lowest BCUT2D eigenvalue weighted by molar-refractivity contribution is 0.518. The van der Waals surface area contributed by atoms with Gasteiger partial charge in [-0.1, -0.05) is 6.92 Å². The van der Waals surface area contributed by atoms with Crippen molar-refractivity contribution in [3.63, 3.8) is 0 Å². The summed E-state index contributed by atoms with van der Waals surface area (Å²) in [7, 11) is 0. The van der Waals surface area contributed by atoms with Crippen molar-refractivity contribution in [2.45, 2.75) is 39.3 Å². The highest BCUT2D eigenvalue weighted by atomic mass is 15.0. The van der Waals surface area contributed by atoms with Crippen molar-refractivity contribution in [2.75, 3.05) is 0 Å². The second-order valence-corrected chi connectivity index (χ2v) is 3.07. The Morgan fingerprint density at radius 1 is 1.25 bits per heavy atom. The fraction of sp³-hybridized carbons (Fsp3) is 1.00. The van der Waals surface area contributed by atoms with Crippen LogP contribution in [0.3, 0.4) is 0 Å². The van der Waals surface area contributed by atoms with E-state index < -0.39 is 0 Å². The van der Waals surface area contributed by atoms with Gasteiger partial charge in [0, 0.05) is 12.1 Å². The molecule has 1 heterocycles. The Hall–Kier alpha value is -0.0400. The van der Waals surface area contributed by atoms with Crippen LogP contribution in [0.25, 0.3) is 0 Å². The first-order valence-electron chi connectivity index (χ1n) is 3.46. The van der Waals surface area contributed by atoms with Crippen molar-refractivity contribution >= 4 is 0 Å². The maximum absolute atomic E-state index is 3.47. The molecule has 1 saturated heterocycles. The molecule has 0 bridgehead atoms. The van der Waals surface area contributed by atoms with E-state index in [2.05, 4.69) is 26.1 Å². The molecule has 0 unspecified atom stereocenters. The SMILES string of the molecule is C[C@@H]1C[C@@H](C)[C@@H](C)N1. The van der Waals surface area contributed by atoms with Gasteiger partial charge in [-0.2, -0.15) is 0 Å². The van der Waals surface area contributed by atoms with Crippen molar-refractivity contribution in [3.8, 4) is 0 Å². The summed E-state index contributed by atoms with van der Waals surface area (Å²) in [5, 5.41) is 3.47. The van der Waals surface area contributed by atoms with Gasteiger partial charge in [-0.15, -0.1) is 0 Å². The van der Waals surface area contributed by atoms with Gasteiger partial charge < -0.3 is 5.32 Å². The Labute approximate surface area is 51.5 Å². The summed E-state index contributed by atoms with van der Waals surface area (Å²) in [5.41, 5.74) is 0. The molecule has 0 amide bonds. The van der Waals surface area contributed by atoms with Crippen LogP contribution in [-0.4, -0.2) is 12.1 Å². The third kappa shape index (κ3) is 1.03. The quantitative estimate of drug-likeness (QED) is 0.500. The third-order valence-electron chi connectivity index (χ3n) is 2.13. The van der Waals surface area contributed by atoms with Crippen LogP contribution in [0.4, 0.5) is 0 Å². The molecule has 0 aromatic rings. The minimum absolute atomic E-state index is 0.741. The number of hydrogen-bond acceptors (Lipinski definition) is 1. The van der Waals surface area contributed by atoms with Crippen molar-refractivity contribution in [3.05, 3.63) is 0 Å². The molecule has 1 aliphatic rings. The summed E-state index contributed by atoms with van der Waals surface area (Å²) in [6.07, 6.45) is 1.35. The van der Waals surface area contributed by atoms with Gasteiger partial charge in [-0.05, 0) is 26.2 Å². The van der Waals surface area contributed by atoms with Gasteiger partial charge in [-0.3, -0.25) is 0 Å². The predicted molar refractivity (Wildman–Crippen MR) is 35.8 cm³/mol. The van der Waals surface area contributed by atoms with E-state index >= 15 is 0 Å². The number of nitrogens with one attached hydrogen (secondary N) is 1. The standard InChI is InChI=1S/C7H15N/c1-5-4-6(2)8-7(5)3/h5-8H,4H2,1-3H3/t5-,6-,7-/m1/s1. The minimum atomic E-state index is 0.741. The zero-order chi connectivity index (χ0) is 6.15. The minimum Gasteiger partial charge on any atom is -0.312 e.